The van der Waals surface area contributed by atoms with E-state index < -0.39 is 10.0 Å². The van der Waals surface area contributed by atoms with Gasteiger partial charge in [-0.05, 0) is 44.5 Å². The third-order valence-electron chi connectivity index (χ3n) is 2.72. The topological polar surface area (TPSA) is 99.1 Å². The maximum Gasteiger partial charge on any atom is 0.240 e. The van der Waals surface area contributed by atoms with Crippen LogP contribution in [0, 0.1) is 18.3 Å². The van der Waals surface area contributed by atoms with Crippen LogP contribution in [0.2, 0.25) is 0 Å². The van der Waals surface area contributed by atoms with Gasteiger partial charge in [0.05, 0.1) is 16.5 Å². The van der Waals surface area contributed by atoms with Crippen molar-refractivity contribution in [3.05, 3.63) is 29.3 Å². The number of hydrogen-bond acceptors (Lipinski definition) is 4. The van der Waals surface area contributed by atoms with Gasteiger partial charge in [-0.15, -0.1) is 0 Å². The molecular formula is C14H19N3O3S. The quantitative estimate of drug-likeness (QED) is 0.820. The standard InChI is InChI=1S/C14H19N3O3S/c1-10(2)17-14(18)6-7-16-21(19,20)13-5-4-12(9-15)11(3)8-13/h4-5,8,10,16H,6-7H2,1-3H3,(H,17,18). The fraction of sp³-hybridized carbons (Fsp3) is 0.429. The number of aryl methyl sites for hydroxylation is 1. The van der Waals surface area contributed by atoms with E-state index in [0.717, 1.165) is 0 Å². The molecule has 0 radical (unpaired) electrons. The molecule has 1 amide bonds. The lowest BCUT2D eigenvalue weighted by molar-refractivity contribution is -0.121. The van der Waals surface area contributed by atoms with Crippen molar-refractivity contribution < 1.29 is 13.2 Å². The van der Waals surface area contributed by atoms with Gasteiger partial charge in [-0.25, -0.2) is 13.1 Å². The highest BCUT2D eigenvalue weighted by Crippen LogP contribution is 2.14. The zero-order valence-electron chi connectivity index (χ0n) is 12.3. The Balaban J connectivity index is 2.68. The second-order valence-corrected chi connectivity index (χ2v) is 6.73. The van der Waals surface area contributed by atoms with Crippen LogP contribution in [0.3, 0.4) is 0 Å². The number of nitrogens with one attached hydrogen (secondary N) is 2. The Morgan fingerprint density at radius 1 is 1.38 bits per heavy atom. The van der Waals surface area contributed by atoms with Gasteiger partial charge in [-0.2, -0.15) is 5.26 Å². The van der Waals surface area contributed by atoms with Crippen LogP contribution in [0.5, 0.6) is 0 Å². The van der Waals surface area contributed by atoms with Crippen LogP contribution in [0.4, 0.5) is 0 Å². The monoisotopic (exact) mass is 309 g/mol. The first-order valence-electron chi connectivity index (χ1n) is 6.56. The number of nitriles is 1. The lowest BCUT2D eigenvalue weighted by Crippen LogP contribution is -2.34. The maximum absolute atomic E-state index is 12.1. The van der Waals surface area contributed by atoms with Gasteiger partial charge in [-0.1, -0.05) is 0 Å². The number of hydrogen-bond donors (Lipinski definition) is 2. The summed E-state index contributed by atoms with van der Waals surface area (Å²) in [5.41, 5.74) is 1.03. The lowest BCUT2D eigenvalue weighted by atomic mass is 10.1. The highest BCUT2D eigenvalue weighted by Gasteiger charge is 2.15. The highest BCUT2D eigenvalue weighted by atomic mass is 32.2. The fourth-order valence-electron chi connectivity index (χ4n) is 1.71. The van der Waals surface area contributed by atoms with Crippen LogP contribution >= 0.6 is 0 Å². The first-order chi connectivity index (χ1) is 9.76. The average molecular weight is 309 g/mol. The highest BCUT2D eigenvalue weighted by molar-refractivity contribution is 7.89. The molecule has 0 aromatic heterocycles. The molecule has 0 atom stereocenters. The summed E-state index contributed by atoms with van der Waals surface area (Å²) >= 11 is 0. The average Bonchev–Trinajstić information content (AvgIpc) is 2.37. The van der Waals surface area contributed by atoms with Gasteiger partial charge in [0.2, 0.25) is 15.9 Å². The second-order valence-electron chi connectivity index (χ2n) is 4.96. The van der Waals surface area contributed by atoms with Gasteiger partial charge in [0.15, 0.2) is 0 Å². The maximum atomic E-state index is 12.1. The van der Waals surface area contributed by atoms with E-state index in [2.05, 4.69) is 10.0 Å². The SMILES string of the molecule is Cc1cc(S(=O)(=O)NCCC(=O)NC(C)C)ccc1C#N. The predicted octanol–water partition coefficient (Wildman–Crippen LogP) is 1.06. The van der Waals surface area contributed by atoms with Crippen molar-refractivity contribution in [3.63, 3.8) is 0 Å². The molecule has 0 saturated heterocycles. The number of nitrogens with zero attached hydrogens (tertiary/aromatic N) is 1. The molecule has 7 heteroatoms. The van der Waals surface area contributed by atoms with Crippen LogP contribution in [-0.2, 0) is 14.8 Å². The molecule has 6 nitrogen and oxygen atoms in total. The Hall–Kier alpha value is -1.91. The third kappa shape index (κ3) is 5.17. The molecule has 114 valence electrons. The van der Waals surface area contributed by atoms with Crippen molar-refractivity contribution in [2.75, 3.05) is 6.54 Å². The van der Waals surface area contributed by atoms with E-state index in [9.17, 15) is 13.2 Å². The molecule has 0 aliphatic rings. The molecule has 1 aromatic rings. The Labute approximate surface area is 125 Å². The summed E-state index contributed by atoms with van der Waals surface area (Å²) < 4.78 is 26.5. The normalized spacial score (nSPS) is 11.2. The van der Waals surface area contributed by atoms with E-state index in [4.69, 9.17) is 5.26 Å². The van der Waals surface area contributed by atoms with Gasteiger partial charge in [0.1, 0.15) is 0 Å². The molecule has 0 fully saturated rings. The van der Waals surface area contributed by atoms with Crippen molar-refractivity contribution in [2.24, 2.45) is 0 Å². The van der Waals surface area contributed by atoms with Crippen LogP contribution in [0.25, 0.3) is 0 Å². The summed E-state index contributed by atoms with van der Waals surface area (Å²) in [6.45, 7) is 5.37. The fourth-order valence-corrected chi connectivity index (χ4v) is 2.82. The zero-order chi connectivity index (χ0) is 16.0. The summed E-state index contributed by atoms with van der Waals surface area (Å²) in [6.07, 6.45) is 0.0761. The van der Waals surface area contributed by atoms with Gasteiger partial charge in [0.25, 0.3) is 0 Å². The third-order valence-corrected chi connectivity index (χ3v) is 4.18. The van der Waals surface area contributed by atoms with Crippen LogP contribution in [-0.4, -0.2) is 26.9 Å². The lowest BCUT2D eigenvalue weighted by Gasteiger charge is -2.10. The smallest absolute Gasteiger partial charge is 0.240 e. The molecule has 0 saturated carbocycles. The van der Waals surface area contributed by atoms with Gasteiger partial charge < -0.3 is 5.32 Å². The number of carbonyl (C=O) groups excluding carboxylic acids is 1. The first kappa shape index (κ1) is 17.1. The van der Waals surface area contributed by atoms with Gasteiger partial charge in [-0.3, -0.25) is 4.79 Å². The minimum Gasteiger partial charge on any atom is -0.354 e. The van der Waals surface area contributed by atoms with Crippen LogP contribution in [0.1, 0.15) is 31.4 Å². The Morgan fingerprint density at radius 3 is 2.57 bits per heavy atom. The van der Waals surface area contributed by atoms with Crippen LogP contribution < -0.4 is 10.0 Å². The predicted molar refractivity (Wildman–Crippen MR) is 79.0 cm³/mol. The van der Waals surface area contributed by atoms with Crippen molar-refractivity contribution in [1.82, 2.24) is 10.0 Å². The molecule has 2 N–H and O–H groups in total. The summed E-state index contributed by atoms with van der Waals surface area (Å²) in [5.74, 6) is -0.205. The zero-order valence-corrected chi connectivity index (χ0v) is 13.1. The van der Waals surface area contributed by atoms with Crippen molar-refractivity contribution >= 4 is 15.9 Å². The summed E-state index contributed by atoms with van der Waals surface area (Å²) in [6, 6.07) is 6.29. The Morgan fingerprint density at radius 2 is 2.05 bits per heavy atom. The van der Waals surface area contributed by atoms with Crippen molar-refractivity contribution in [2.45, 2.75) is 38.1 Å². The molecule has 1 rings (SSSR count). The molecular weight excluding hydrogens is 290 g/mol. The van der Waals surface area contributed by atoms with E-state index in [1.165, 1.54) is 18.2 Å². The second kappa shape index (κ2) is 7.20. The van der Waals surface area contributed by atoms with Gasteiger partial charge in [0, 0.05) is 19.0 Å². The van der Waals surface area contributed by atoms with E-state index in [1.807, 2.05) is 19.9 Å². The van der Waals surface area contributed by atoms with Crippen molar-refractivity contribution in [3.8, 4) is 6.07 Å². The first-order valence-corrected chi connectivity index (χ1v) is 8.04. The summed E-state index contributed by atoms with van der Waals surface area (Å²) in [4.78, 5) is 11.5. The molecule has 0 aliphatic carbocycles. The molecule has 1 aromatic carbocycles. The van der Waals surface area contributed by atoms with E-state index >= 15 is 0 Å². The largest absolute Gasteiger partial charge is 0.354 e. The Bertz CT molecular complexity index is 661. The molecule has 21 heavy (non-hydrogen) atoms. The number of carbonyl (C=O) groups is 1. The number of benzene rings is 1. The molecule has 0 heterocycles. The van der Waals surface area contributed by atoms with Gasteiger partial charge >= 0.3 is 0 Å². The van der Waals surface area contributed by atoms with Crippen molar-refractivity contribution in [1.29, 1.82) is 5.26 Å². The molecule has 0 aliphatic heterocycles. The van der Waals surface area contributed by atoms with E-state index in [0.29, 0.717) is 11.1 Å². The number of sulfonamides is 1. The number of rotatable bonds is 6. The van der Waals surface area contributed by atoms with Crippen LogP contribution in [0.15, 0.2) is 23.1 Å². The van der Waals surface area contributed by atoms with E-state index in [1.54, 1.807) is 6.92 Å². The molecule has 0 spiro atoms. The minimum atomic E-state index is -3.67. The summed E-state index contributed by atoms with van der Waals surface area (Å²) in [5, 5.41) is 11.5. The molecule has 0 unspecified atom stereocenters. The van der Waals surface area contributed by atoms with E-state index in [-0.39, 0.29) is 29.8 Å². The molecule has 0 bridgehead atoms. The number of amides is 1. The Kier molecular flexibility index (Phi) is 5.88. The minimum absolute atomic E-state index is 0.0234. The summed E-state index contributed by atoms with van der Waals surface area (Å²) in [7, 11) is -3.67.